The first-order valence-electron chi connectivity index (χ1n) is 10.9. The number of rotatable bonds is 4. The lowest BCUT2D eigenvalue weighted by atomic mass is 10.0. The molecule has 0 fully saturated rings. The number of fused-ring (bicyclic) bond motifs is 1. The number of hydrogen-bond acceptors (Lipinski definition) is 3. The second kappa shape index (κ2) is 8.67. The quantitative estimate of drug-likeness (QED) is 0.340. The second-order valence-corrected chi connectivity index (χ2v) is 8.13. The van der Waals surface area contributed by atoms with Crippen molar-refractivity contribution in [2.24, 2.45) is 0 Å². The van der Waals surface area contributed by atoms with Crippen LogP contribution in [0.2, 0.25) is 0 Å². The van der Waals surface area contributed by atoms with Crippen LogP contribution in [0.3, 0.4) is 0 Å². The molecule has 5 rings (SSSR count). The summed E-state index contributed by atoms with van der Waals surface area (Å²) in [5, 5.41) is 3.03. The predicted molar refractivity (Wildman–Crippen MR) is 134 cm³/mol. The van der Waals surface area contributed by atoms with Crippen LogP contribution in [0.5, 0.6) is 0 Å². The Bertz CT molecular complexity index is 1460. The minimum Gasteiger partial charge on any atom is -0.322 e. The summed E-state index contributed by atoms with van der Waals surface area (Å²) in [6.07, 6.45) is 0. The lowest BCUT2D eigenvalue weighted by molar-refractivity contribution is 0.102. The largest absolute Gasteiger partial charge is 0.322 e. The Morgan fingerprint density at radius 1 is 0.667 bits per heavy atom. The molecule has 160 valence electrons. The first-order chi connectivity index (χ1) is 16.1. The average molecular weight is 430 g/mol. The molecule has 1 amide bonds. The Hall–Kier alpha value is -4.31. The summed E-state index contributed by atoms with van der Waals surface area (Å²) < 4.78 is 0. The molecule has 33 heavy (non-hydrogen) atoms. The van der Waals surface area contributed by atoms with Crippen molar-refractivity contribution in [3.8, 4) is 22.5 Å². The zero-order valence-corrected chi connectivity index (χ0v) is 18.5. The Kier molecular flexibility index (Phi) is 5.41. The van der Waals surface area contributed by atoms with E-state index in [0.717, 1.165) is 44.8 Å². The van der Waals surface area contributed by atoms with Gasteiger partial charge >= 0.3 is 0 Å². The topological polar surface area (TPSA) is 54.9 Å². The molecule has 5 aromatic rings. The molecule has 0 radical (unpaired) electrons. The number of aryl methyl sites for hydroxylation is 2. The number of nitrogens with zero attached hydrogens (tertiary/aromatic N) is 2. The SMILES string of the molecule is Cc1ccc(C)c(NC(=O)c2ccc3nc(-c4ccccc4)c(-c4ccccc4)nc3c2)c1. The average Bonchev–Trinajstić information content (AvgIpc) is 2.86. The number of nitrogens with one attached hydrogen (secondary N) is 1. The van der Waals surface area contributed by atoms with Gasteiger partial charge in [0.05, 0.1) is 22.4 Å². The van der Waals surface area contributed by atoms with E-state index in [4.69, 9.17) is 9.97 Å². The summed E-state index contributed by atoms with van der Waals surface area (Å²) in [5.74, 6) is -0.166. The summed E-state index contributed by atoms with van der Waals surface area (Å²) in [7, 11) is 0. The van der Waals surface area contributed by atoms with E-state index in [9.17, 15) is 4.79 Å². The molecule has 0 aliphatic heterocycles. The van der Waals surface area contributed by atoms with Gasteiger partial charge in [0, 0.05) is 22.4 Å². The molecule has 0 atom stereocenters. The molecular formula is C29H23N3O. The van der Waals surface area contributed by atoms with Crippen molar-refractivity contribution in [1.82, 2.24) is 9.97 Å². The molecule has 0 saturated carbocycles. The van der Waals surface area contributed by atoms with Crippen LogP contribution in [0.15, 0.2) is 97.1 Å². The first-order valence-corrected chi connectivity index (χ1v) is 10.9. The maximum atomic E-state index is 13.0. The Balaban J connectivity index is 1.59. The summed E-state index contributed by atoms with van der Waals surface area (Å²) in [5.41, 5.74) is 8.51. The molecule has 0 aliphatic rings. The summed E-state index contributed by atoms with van der Waals surface area (Å²) in [6.45, 7) is 3.99. The number of anilines is 1. The molecule has 1 N–H and O–H groups in total. The summed E-state index contributed by atoms with van der Waals surface area (Å²) in [6, 6.07) is 31.6. The van der Waals surface area contributed by atoms with Gasteiger partial charge in [-0.15, -0.1) is 0 Å². The zero-order chi connectivity index (χ0) is 22.8. The van der Waals surface area contributed by atoms with Crippen LogP contribution in [0.1, 0.15) is 21.5 Å². The maximum Gasteiger partial charge on any atom is 0.255 e. The van der Waals surface area contributed by atoms with Crippen LogP contribution in [-0.4, -0.2) is 15.9 Å². The number of hydrogen-bond donors (Lipinski definition) is 1. The van der Waals surface area contributed by atoms with Crippen molar-refractivity contribution in [1.29, 1.82) is 0 Å². The fourth-order valence-electron chi connectivity index (χ4n) is 3.86. The highest BCUT2D eigenvalue weighted by Gasteiger charge is 2.15. The van der Waals surface area contributed by atoms with Gasteiger partial charge in [-0.1, -0.05) is 72.8 Å². The van der Waals surface area contributed by atoms with Crippen LogP contribution >= 0.6 is 0 Å². The Morgan fingerprint density at radius 3 is 1.91 bits per heavy atom. The molecule has 1 heterocycles. The normalized spacial score (nSPS) is 10.8. The van der Waals surface area contributed by atoms with E-state index in [1.807, 2.05) is 105 Å². The molecule has 1 aromatic heterocycles. The van der Waals surface area contributed by atoms with E-state index in [1.165, 1.54) is 0 Å². The van der Waals surface area contributed by atoms with E-state index in [0.29, 0.717) is 11.1 Å². The van der Waals surface area contributed by atoms with Crippen LogP contribution in [-0.2, 0) is 0 Å². The van der Waals surface area contributed by atoms with Gasteiger partial charge in [0.25, 0.3) is 5.91 Å². The Labute approximate surface area is 193 Å². The first kappa shape index (κ1) is 20.6. The highest BCUT2D eigenvalue weighted by Crippen LogP contribution is 2.31. The van der Waals surface area contributed by atoms with Gasteiger partial charge in [-0.05, 0) is 49.2 Å². The molecular weight excluding hydrogens is 406 g/mol. The number of amides is 1. The minimum atomic E-state index is -0.166. The molecule has 4 aromatic carbocycles. The number of carbonyl (C=O) groups excluding carboxylic acids is 1. The fraction of sp³-hybridized carbons (Fsp3) is 0.0690. The van der Waals surface area contributed by atoms with Crippen LogP contribution in [0.25, 0.3) is 33.5 Å². The van der Waals surface area contributed by atoms with Crippen molar-refractivity contribution in [2.75, 3.05) is 5.32 Å². The molecule has 0 spiro atoms. The monoisotopic (exact) mass is 429 g/mol. The van der Waals surface area contributed by atoms with E-state index >= 15 is 0 Å². The third-order valence-electron chi connectivity index (χ3n) is 5.66. The van der Waals surface area contributed by atoms with E-state index in [-0.39, 0.29) is 5.91 Å². The highest BCUT2D eigenvalue weighted by molar-refractivity contribution is 6.06. The third kappa shape index (κ3) is 4.23. The van der Waals surface area contributed by atoms with Crippen LogP contribution < -0.4 is 5.32 Å². The number of carbonyl (C=O) groups is 1. The summed E-state index contributed by atoms with van der Waals surface area (Å²) in [4.78, 5) is 22.9. The lowest BCUT2D eigenvalue weighted by Gasteiger charge is -2.12. The zero-order valence-electron chi connectivity index (χ0n) is 18.5. The number of aromatic nitrogens is 2. The minimum absolute atomic E-state index is 0.166. The van der Waals surface area contributed by atoms with Gasteiger partial charge < -0.3 is 5.32 Å². The van der Waals surface area contributed by atoms with Crippen molar-refractivity contribution in [3.63, 3.8) is 0 Å². The molecule has 0 unspecified atom stereocenters. The maximum absolute atomic E-state index is 13.0. The van der Waals surface area contributed by atoms with Crippen LogP contribution in [0.4, 0.5) is 5.69 Å². The third-order valence-corrected chi connectivity index (χ3v) is 5.66. The van der Waals surface area contributed by atoms with E-state index in [2.05, 4.69) is 5.32 Å². The smallest absolute Gasteiger partial charge is 0.255 e. The van der Waals surface area contributed by atoms with Crippen molar-refractivity contribution < 1.29 is 4.79 Å². The van der Waals surface area contributed by atoms with Gasteiger partial charge in [-0.2, -0.15) is 0 Å². The lowest BCUT2D eigenvalue weighted by Crippen LogP contribution is -2.13. The summed E-state index contributed by atoms with van der Waals surface area (Å²) >= 11 is 0. The highest BCUT2D eigenvalue weighted by atomic mass is 16.1. The molecule has 4 heteroatoms. The predicted octanol–water partition coefficient (Wildman–Crippen LogP) is 6.83. The van der Waals surface area contributed by atoms with E-state index < -0.39 is 0 Å². The van der Waals surface area contributed by atoms with Gasteiger partial charge in [-0.3, -0.25) is 4.79 Å². The van der Waals surface area contributed by atoms with Crippen molar-refractivity contribution >= 4 is 22.6 Å². The van der Waals surface area contributed by atoms with Crippen molar-refractivity contribution in [2.45, 2.75) is 13.8 Å². The molecule has 0 aliphatic carbocycles. The molecule has 0 bridgehead atoms. The van der Waals surface area contributed by atoms with Crippen LogP contribution in [0, 0.1) is 13.8 Å². The fourth-order valence-corrected chi connectivity index (χ4v) is 3.86. The van der Waals surface area contributed by atoms with Crippen molar-refractivity contribution in [3.05, 3.63) is 114 Å². The molecule has 4 nitrogen and oxygen atoms in total. The van der Waals surface area contributed by atoms with Gasteiger partial charge in [0.1, 0.15) is 0 Å². The Morgan fingerprint density at radius 2 is 1.27 bits per heavy atom. The molecule has 0 saturated heterocycles. The van der Waals surface area contributed by atoms with E-state index in [1.54, 1.807) is 6.07 Å². The second-order valence-electron chi connectivity index (χ2n) is 8.13. The van der Waals surface area contributed by atoms with Gasteiger partial charge in [-0.25, -0.2) is 9.97 Å². The van der Waals surface area contributed by atoms with Gasteiger partial charge in [0.15, 0.2) is 0 Å². The number of benzene rings is 4. The standard InChI is InChI=1S/C29H23N3O/c1-19-13-14-20(2)25(17-19)32-29(33)23-15-16-24-26(18-23)31-28(22-11-7-4-8-12-22)27(30-24)21-9-5-3-6-10-21/h3-18H,1-2H3,(H,32,33). The van der Waals surface area contributed by atoms with Gasteiger partial charge in [0.2, 0.25) is 0 Å².